The maximum absolute atomic E-state index is 5.36. The Morgan fingerprint density at radius 2 is 1.09 bits per heavy atom. The molecule has 0 aromatic carbocycles. The molecule has 0 heterocycles. The Morgan fingerprint density at radius 1 is 0.652 bits per heavy atom. The second-order valence-corrected chi connectivity index (χ2v) is 12.5. The quantitative estimate of drug-likeness (QED) is 0.178. The van der Waals surface area contributed by atoms with E-state index in [1.54, 1.807) is 0 Å². The molecule has 0 atom stereocenters. The molecule has 0 aliphatic rings. The molecule has 0 aromatic rings. The van der Waals surface area contributed by atoms with Crippen LogP contribution in [0, 0.1) is 11.5 Å². The van der Waals surface area contributed by atoms with Crippen LogP contribution in [0.4, 0.5) is 0 Å². The van der Waals surface area contributed by atoms with Crippen molar-refractivity contribution >= 4 is 8.07 Å². The fraction of sp³-hybridized carbons (Fsp3) is 0.905. The Morgan fingerprint density at radius 3 is 1.52 bits per heavy atom. The number of unbranched alkanes of at least 4 members (excludes halogenated alkanes) is 12. The molecule has 0 fully saturated rings. The van der Waals surface area contributed by atoms with E-state index in [1.165, 1.54) is 77.0 Å². The lowest BCUT2D eigenvalue weighted by molar-refractivity contribution is 0.143. The van der Waals surface area contributed by atoms with Crippen LogP contribution in [-0.2, 0) is 4.74 Å². The number of hydrogen-bond donors (Lipinski definition) is 0. The van der Waals surface area contributed by atoms with E-state index in [1.807, 2.05) is 0 Å². The van der Waals surface area contributed by atoms with Gasteiger partial charge in [0.15, 0.2) is 0 Å². The SMILES string of the molecule is CCOCCCCCCCCCCCCCCC#C[Si](C)(C)C. The standard InChI is InChI=1S/C21H42OSi/c1-5-22-20-18-16-14-12-10-8-6-7-9-11-13-15-17-19-21-23(2,3)4/h5-18,20H2,1-4H3. The largest absolute Gasteiger partial charge is 0.382 e. The fourth-order valence-corrected chi connectivity index (χ4v) is 3.31. The third kappa shape index (κ3) is 21.7. The summed E-state index contributed by atoms with van der Waals surface area (Å²) in [7, 11) is -1.13. The van der Waals surface area contributed by atoms with Crippen LogP contribution >= 0.6 is 0 Å². The van der Waals surface area contributed by atoms with Crippen LogP contribution in [0.25, 0.3) is 0 Å². The zero-order valence-corrected chi connectivity index (χ0v) is 17.5. The third-order valence-electron chi connectivity index (χ3n) is 4.01. The highest BCUT2D eigenvalue weighted by Crippen LogP contribution is 2.12. The minimum atomic E-state index is -1.13. The fourth-order valence-electron chi connectivity index (χ4n) is 2.66. The van der Waals surface area contributed by atoms with Crippen molar-refractivity contribution < 1.29 is 4.74 Å². The second-order valence-electron chi connectivity index (χ2n) is 7.74. The van der Waals surface area contributed by atoms with Gasteiger partial charge in [0.25, 0.3) is 0 Å². The van der Waals surface area contributed by atoms with Crippen LogP contribution in [-0.4, -0.2) is 21.3 Å². The lowest BCUT2D eigenvalue weighted by Crippen LogP contribution is -2.16. The number of rotatable bonds is 15. The van der Waals surface area contributed by atoms with E-state index < -0.39 is 8.07 Å². The van der Waals surface area contributed by atoms with E-state index in [2.05, 4.69) is 38.0 Å². The first kappa shape index (κ1) is 22.7. The average Bonchev–Trinajstić information content (AvgIpc) is 2.49. The molecule has 1 nitrogen and oxygen atoms in total. The molecule has 0 saturated heterocycles. The second kappa shape index (κ2) is 16.6. The number of hydrogen-bond acceptors (Lipinski definition) is 1. The molecule has 0 aromatic heterocycles. The van der Waals surface area contributed by atoms with Gasteiger partial charge in [-0.05, 0) is 19.8 Å². The molecule has 0 bridgehead atoms. The molecule has 0 rings (SSSR count). The molecule has 0 radical (unpaired) electrons. The summed E-state index contributed by atoms with van der Waals surface area (Å²) in [4.78, 5) is 0. The first-order valence-corrected chi connectivity index (χ1v) is 13.6. The van der Waals surface area contributed by atoms with Crippen LogP contribution in [0.2, 0.25) is 19.6 Å². The summed E-state index contributed by atoms with van der Waals surface area (Å²) >= 11 is 0. The molecule has 0 N–H and O–H groups in total. The normalized spacial score (nSPS) is 11.3. The maximum Gasteiger partial charge on any atom is 0.129 e. The summed E-state index contributed by atoms with van der Waals surface area (Å²) in [6.07, 6.45) is 17.8. The lowest BCUT2D eigenvalue weighted by atomic mass is 10.0. The predicted octanol–water partition coefficient (Wildman–Crippen LogP) is 6.98. The monoisotopic (exact) mass is 338 g/mol. The van der Waals surface area contributed by atoms with Gasteiger partial charge in [0.05, 0.1) is 0 Å². The molecular formula is C21H42OSi. The highest BCUT2D eigenvalue weighted by atomic mass is 28.3. The Labute approximate surface area is 148 Å². The summed E-state index contributed by atoms with van der Waals surface area (Å²) in [5.74, 6) is 3.38. The Kier molecular flexibility index (Phi) is 16.4. The van der Waals surface area contributed by atoms with Gasteiger partial charge in [0.2, 0.25) is 0 Å². The first-order valence-electron chi connectivity index (χ1n) is 10.1. The predicted molar refractivity (Wildman–Crippen MR) is 108 cm³/mol. The van der Waals surface area contributed by atoms with Gasteiger partial charge in [-0.3, -0.25) is 0 Å². The molecule has 2 heteroatoms. The van der Waals surface area contributed by atoms with Gasteiger partial charge in [-0.2, -0.15) is 0 Å². The van der Waals surface area contributed by atoms with Gasteiger partial charge in [-0.1, -0.05) is 83.8 Å². The third-order valence-corrected chi connectivity index (χ3v) is 4.93. The molecule has 0 spiro atoms. The molecule has 0 aliphatic heterocycles. The van der Waals surface area contributed by atoms with E-state index in [0.717, 1.165) is 19.6 Å². The van der Waals surface area contributed by atoms with Gasteiger partial charge in [0, 0.05) is 19.6 Å². The lowest BCUT2D eigenvalue weighted by Gasteiger charge is -2.04. The van der Waals surface area contributed by atoms with E-state index in [4.69, 9.17) is 4.74 Å². The van der Waals surface area contributed by atoms with Gasteiger partial charge in [-0.15, -0.1) is 11.5 Å². The van der Waals surface area contributed by atoms with Gasteiger partial charge in [0.1, 0.15) is 8.07 Å². The van der Waals surface area contributed by atoms with Crippen LogP contribution in [0.15, 0.2) is 0 Å². The summed E-state index contributed by atoms with van der Waals surface area (Å²) < 4.78 is 5.36. The highest BCUT2D eigenvalue weighted by molar-refractivity contribution is 6.83. The smallest absolute Gasteiger partial charge is 0.129 e. The minimum Gasteiger partial charge on any atom is -0.382 e. The van der Waals surface area contributed by atoms with Crippen LogP contribution in [0.1, 0.15) is 90.4 Å². The van der Waals surface area contributed by atoms with E-state index in [9.17, 15) is 0 Å². The van der Waals surface area contributed by atoms with Crippen molar-refractivity contribution in [1.29, 1.82) is 0 Å². The van der Waals surface area contributed by atoms with Gasteiger partial charge < -0.3 is 4.74 Å². The van der Waals surface area contributed by atoms with Crippen LogP contribution in [0.5, 0.6) is 0 Å². The molecular weight excluding hydrogens is 296 g/mol. The maximum atomic E-state index is 5.36. The molecule has 0 aliphatic carbocycles. The van der Waals surface area contributed by atoms with Crippen molar-refractivity contribution in [3.05, 3.63) is 0 Å². The summed E-state index contributed by atoms with van der Waals surface area (Å²) in [6.45, 7) is 10.9. The molecule has 0 saturated carbocycles. The van der Waals surface area contributed by atoms with E-state index in [0.29, 0.717) is 0 Å². The van der Waals surface area contributed by atoms with Crippen molar-refractivity contribution in [1.82, 2.24) is 0 Å². The topological polar surface area (TPSA) is 9.23 Å². The van der Waals surface area contributed by atoms with E-state index >= 15 is 0 Å². The van der Waals surface area contributed by atoms with Crippen molar-refractivity contribution in [2.24, 2.45) is 0 Å². The van der Waals surface area contributed by atoms with Gasteiger partial charge in [-0.25, -0.2) is 0 Å². The zero-order valence-electron chi connectivity index (χ0n) is 16.5. The van der Waals surface area contributed by atoms with Crippen LogP contribution in [0.3, 0.4) is 0 Å². The Hall–Kier alpha value is -0.263. The molecule has 136 valence electrons. The molecule has 0 amide bonds. The Balaban J connectivity index is 3.09. The van der Waals surface area contributed by atoms with Crippen molar-refractivity contribution in [2.75, 3.05) is 13.2 Å². The molecule has 23 heavy (non-hydrogen) atoms. The zero-order chi connectivity index (χ0) is 17.2. The van der Waals surface area contributed by atoms with Crippen molar-refractivity contribution in [2.45, 2.75) is 110 Å². The Bertz CT molecular complexity index is 295. The summed E-state index contributed by atoms with van der Waals surface area (Å²) in [5.41, 5.74) is 3.45. The van der Waals surface area contributed by atoms with Crippen LogP contribution < -0.4 is 0 Å². The van der Waals surface area contributed by atoms with Crippen molar-refractivity contribution in [3.8, 4) is 11.5 Å². The average molecular weight is 339 g/mol. The summed E-state index contributed by atoms with van der Waals surface area (Å²) in [6, 6.07) is 0. The van der Waals surface area contributed by atoms with E-state index in [-0.39, 0.29) is 0 Å². The first-order chi connectivity index (χ1) is 11.1. The number of ether oxygens (including phenoxy) is 1. The molecule has 0 unspecified atom stereocenters. The minimum absolute atomic E-state index is 0.867. The summed E-state index contributed by atoms with van der Waals surface area (Å²) in [5, 5.41) is 0. The highest BCUT2D eigenvalue weighted by Gasteiger charge is 2.06. The van der Waals surface area contributed by atoms with Gasteiger partial charge >= 0.3 is 0 Å². The van der Waals surface area contributed by atoms with Crippen molar-refractivity contribution in [3.63, 3.8) is 0 Å².